The molecule has 2 aromatic carbocycles. The third-order valence-corrected chi connectivity index (χ3v) is 4.66. The number of carbonyl (C=O) groups is 1. The van der Waals surface area contributed by atoms with Gasteiger partial charge >= 0.3 is 0 Å². The molecule has 0 atom stereocenters. The molecule has 1 aliphatic rings. The fraction of sp³-hybridized carbons (Fsp3) is 0.176. The standard InChI is InChI=1S/C17H14BrN3O2/c1-23-14-6-5-10(9-12(14)18)16-20-13-4-2-3-11-15(13)21(16)8-7-19-17(11)22/h2-6,9H,7-8H2,1H3,(H,19,22). The predicted molar refractivity (Wildman–Crippen MR) is 91.8 cm³/mol. The van der Waals surface area contributed by atoms with E-state index in [0.717, 1.165) is 32.6 Å². The molecule has 2 heterocycles. The molecule has 1 aromatic heterocycles. The molecule has 1 N–H and O–H groups in total. The van der Waals surface area contributed by atoms with E-state index in [1.54, 1.807) is 7.11 Å². The van der Waals surface area contributed by atoms with Gasteiger partial charge < -0.3 is 14.6 Å². The van der Waals surface area contributed by atoms with Gasteiger partial charge in [-0.05, 0) is 46.3 Å². The fourth-order valence-corrected chi connectivity index (χ4v) is 3.53. The van der Waals surface area contributed by atoms with Gasteiger partial charge in [-0.3, -0.25) is 4.79 Å². The van der Waals surface area contributed by atoms with Gasteiger partial charge in [0, 0.05) is 18.7 Å². The molecule has 0 bridgehead atoms. The largest absolute Gasteiger partial charge is 0.496 e. The molecule has 0 unspecified atom stereocenters. The van der Waals surface area contributed by atoms with Gasteiger partial charge in [-0.25, -0.2) is 4.98 Å². The van der Waals surface area contributed by atoms with E-state index >= 15 is 0 Å². The molecule has 0 radical (unpaired) electrons. The number of hydrogen-bond acceptors (Lipinski definition) is 3. The van der Waals surface area contributed by atoms with E-state index in [1.165, 1.54) is 0 Å². The highest BCUT2D eigenvalue weighted by molar-refractivity contribution is 9.10. The third-order valence-electron chi connectivity index (χ3n) is 4.04. The summed E-state index contributed by atoms with van der Waals surface area (Å²) in [4.78, 5) is 16.9. The number of hydrogen-bond donors (Lipinski definition) is 1. The van der Waals surface area contributed by atoms with Gasteiger partial charge in [0.2, 0.25) is 0 Å². The van der Waals surface area contributed by atoms with Gasteiger partial charge in [0.05, 0.1) is 28.2 Å². The van der Waals surface area contributed by atoms with E-state index in [0.29, 0.717) is 18.7 Å². The van der Waals surface area contributed by atoms with Gasteiger partial charge in [-0.1, -0.05) is 6.07 Å². The van der Waals surface area contributed by atoms with Crippen LogP contribution in [0.1, 0.15) is 10.4 Å². The Labute approximate surface area is 141 Å². The summed E-state index contributed by atoms with van der Waals surface area (Å²) in [5, 5.41) is 2.93. The van der Waals surface area contributed by atoms with Crippen molar-refractivity contribution < 1.29 is 9.53 Å². The Morgan fingerprint density at radius 3 is 2.96 bits per heavy atom. The summed E-state index contributed by atoms with van der Waals surface area (Å²) < 4.78 is 8.27. The lowest BCUT2D eigenvalue weighted by Gasteiger charge is -2.09. The lowest BCUT2D eigenvalue weighted by molar-refractivity contribution is 0.0956. The summed E-state index contributed by atoms with van der Waals surface area (Å²) in [6.07, 6.45) is 0. The Kier molecular flexibility index (Phi) is 3.34. The Morgan fingerprint density at radius 2 is 2.17 bits per heavy atom. The average Bonchev–Trinajstić information content (AvgIpc) is 2.84. The summed E-state index contributed by atoms with van der Waals surface area (Å²) >= 11 is 3.52. The molecule has 3 aromatic rings. The first kappa shape index (κ1) is 14.3. The molecule has 6 heteroatoms. The van der Waals surface area contributed by atoms with Crippen molar-refractivity contribution in [3.8, 4) is 17.1 Å². The number of para-hydroxylation sites is 1. The number of carbonyl (C=O) groups excluding carboxylic acids is 1. The van der Waals surface area contributed by atoms with Crippen molar-refractivity contribution in [2.24, 2.45) is 0 Å². The predicted octanol–water partition coefficient (Wildman–Crippen LogP) is 3.22. The van der Waals surface area contributed by atoms with Crippen molar-refractivity contribution >= 4 is 32.9 Å². The zero-order valence-corrected chi connectivity index (χ0v) is 14.1. The highest BCUT2D eigenvalue weighted by Gasteiger charge is 2.21. The number of amides is 1. The van der Waals surface area contributed by atoms with Crippen LogP contribution in [0.3, 0.4) is 0 Å². The molecule has 0 saturated carbocycles. The number of imidazole rings is 1. The molecule has 0 spiro atoms. The maximum absolute atomic E-state index is 12.2. The number of methoxy groups -OCH3 is 1. The minimum atomic E-state index is -0.0447. The molecule has 1 aliphatic heterocycles. The highest BCUT2D eigenvalue weighted by Crippen LogP contribution is 2.33. The SMILES string of the molecule is COc1ccc(-c2nc3cccc4c3n2CCNC4=O)cc1Br. The van der Waals surface area contributed by atoms with Crippen LogP contribution in [0.25, 0.3) is 22.4 Å². The Morgan fingerprint density at radius 1 is 1.30 bits per heavy atom. The molecule has 5 nitrogen and oxygen atoms in total. The summed E-state index contributed by atoms with van der Waals surface area (Å²) in [6.45, 7) is 1.28. The molecule has 1 amide bonds. The summed E-state index contributed by atoms with van der Waals surface area (Å²) in [7, 11) is 1.64. The highest BCUT2D eigenvalue weighted by atomic mass is 79.9. The second kappa shape index (κ2) is 5.38. The smallest absolute Gasteiger partial charge is 0.253 e. The molecule has 0 fully saturated rings. The van der Waals surface area contributed by atoms with Crippen molar-refractivity contribution in [1.29, 1.82) is 0 Å². The van der Waals surface area contributed by atoms with Crippen LogP contribution in [0, 0.1) is 0 Å². The van der Waals surface area contributed by atoms with Crippen LogP contribution in [-0.4, -0.2) is 29.1 Å². The number of benzene rings is 2. The van der Waals surface area contributed by atoms with E-state index in [1.807, 2.05) is 36.4 Å². The van der Waals surface area contributed by atoms with Gasteiger partial charge in [0.15, 0.2) is 0 Å². The zero-order valence-electron chi connectivity index (χ0n) is 12.5. The topological polar surface area (TPSA) is 56.1 Å². The van der Waals surface area contributed by atoms with Crippen LogP contribution in [0.5, 0.6) is 5.75 Å². The quantitative estimate of drug-likeness (QED) is 0.752. The first-order chi connectivity index (χ1) is 11.2. The number of ether oxygens (including phenoxy) is 1. The molecule has 23 heavy (non-hydrogen) atoms. The molecule has 4 rings (SSSR count). The number of nitrogens with one attached hydrogen (secondary N) is 1. The number of aromatic nitrogens is 2. The van der Waals surface area contributed by atoms with E-state index in [-0.39, 0.29) is 5.91 Å². The van der Waals surface area contributed by atoms with Crippen LogP contribution in [0.4, 0.5) is 0 Å². The molecule has 116 valence electrons. The van der Waals surface area contributed by atoms with Crippen molar-refractivity contribution in [3.05, 3.63) is 46.4 Å². The molecular weight excluding hydrogens is 358 g/mol. The third kappa shape index (κ3) is 2.21. The van der Waals surface area contributed by atoms with Crippen molar-refractivity contribution in [2.45, 2.75) is 6.54 Å². The van der Waals surface area contributed by atoms with E-state index < -0.39 is 0 Å². The summed E-state index contributed by atoms with van der Waals surface area (Å²) in [5.74, 6) is 1.59. The minimum Gasteiger partial charge on any atom is -0.496 e. The molecule has 0 aliphatic carbocycles. The maximum atomic E-state index is 12.2. The van der Waals surface area contributed by atoms with Gasteiger partial charge in [0.25, 0.3) is 5.91 Å². The molecular formula is C17H14BrN3O2. The van der Waals surface area contributed by atoms with Gasteiger partial charge in [0.1, 0.15) is 11.6 Å². The van der Waals surface area contributed by atoms with Crippen molar-refractivity contribution in [3.63, 3.8) is 0 Å². The zero-order chi connectivity index (χ0) is 16.0. The van der Waals surface area contributed by atoms with Gasteiger partial charge in [-0.2, -0.15) is 0 Å². The second-order valence-corrected chi connectivity index (χ2v) is 6.22. The number of nitrogens with zero attached hydrogens (tertiary/aromatic N) is 2. The van der Waals surface area contributed by atoms with Crippen LogP contribution in [0.2, 0.25) is 0 Å². The monoisotopic (exact) mass is 371 g/mol. The summed E-state index contributed by atoms with van der Waals surface area (Å²) in [5.41, 5.74) is 3.38. The minimum absolute atomic E-state index is 0.0447. The first-order valence-corrected chi connectivity index (χ1v) is 8.09. The van der Waals surface area contributed by atoms with Crippen LogP contribution < -0.4 is 10.1 Å². The van der Waals surface area contributed by atoms with E-state index in [4.69, 9.17) is 9.72 Å². The average molecular weight is 372 g/mol. The number of halogens is 1. The van der Waals surface area contributed by atoms with Crippen molar-refractivity contribution in [1.82, 2.24) is 14.9 Å². The summed E-state index contributed by atoms with van der Waals surface area (Å²) in [6, 6.07) is 11.5. The lowest BCUT2D eigenvalue weighted by Crippen LogP contribution is -2.24. The first-order valence-electron chi connectivity index (χ1n) is 7.30. The van der Waals surface area contributed by atoms with Crippen LogP contribution in [0.15, 0.2) is 40.9 Å². The normalized spacial score (nSPS) is 13.7. The molecule has 0 saturated heterocycles. The van der Waals surface area contributed by atoms with Gasteiger partial charge in [-0.15, -0.1) is 0 Å². The lowest BCUT2D eigenvalue weighted by atomic mass is 10.1. The maximum Gasteiger partial charge on any atom is 0.253 e. The Bertz CT molecular complexity index is 933. The second-order valence-electron chi connectivity index (χ2n) is 5.37. The Balaban J connectivity index is 1.98. The fourth-order valence-electron chi connectivity index (χ4n) is 2.99. The van der Waals surface area contributed by atoms with Crippen LogP contribution >= 0.6 is 15.9 Å². The van der Waals surface area contributed by atoms with E-state index in [2.05, 4.69) is 25.8 Å². The van der Waals surface area contributed by atoms with Crippen LogP contribution in [-0.2, 0) is 6.54 Å². The van der Waals surface area contributed by atoms with Crippen molar-refractivity contribution in [2.75, 3.05) is 13.7 Å². The Hall–Kier alpha value is -2.34. The number of rotatable bonds is 2. The van der Waals surface area contributed by atoms with E-state index in [9.17, 15) is 4.79 Å².